The van der Waals surface area contributed by atoms with Gasteiger partial charge >= 0.3 is 0 Å². The first-order valence-electron chi connectivity index (χ1n) is 11.2. The smallest absolute Gasteiger partial charge is 0.246 e. The maximum Gasteiger partial charge on any atom is 0.246 e. The first-order valence-corrected chi connectivity index (χ1v) is 14.4. The van der Waals surface area contributed by atoms with E-state index in [1.165, 1.54) is 42.7 Å². The van der Waals surface area contributed by atoms with E-state index >= 15 is 0 Å². The number of piperidine rings is 1. The molecule has 2 aromatic rings. The number of carbonyl (C=O) groups is 1. The molecule has 192 valence electrons. The lowest BCUT2D eigenvalue weighted by atomic mass is 9.99. The minimum Gasteiger partial charge on any atom is -0.492 e. The average molecular weight is 544 g/mol. The van der Waals surface area contributed by atoms with Crippen LogP contribution in [0, 0.1) is 5.92 Å². The summed E-state index contributed by atoms with van der Waals surface area (Å²) in [5.41, 5.74) is 0.733. The van der Waals surface area contributed by atoms with Gasteiger partial charge in [0.1, 0.15) is 10.6 Å². The largest absolute Gasteiger partial charge is 0.492 e. The summed E-state index contributed by atoms with van der Waals surface area (Å²) in [6.07, 6.45) is 1.10. The number of halogens is 1. The highest BCUT2D eigenvalue weighted by molar-refractivity contribution is 7.89. The van der Waals surface area contributed by atoms with Gasteiger partial charge in [-0.1, -0.05) is 23.7 Å². The number of sulfonamides is 2. The molecule has 1 unspecified atom stereocenters. The van der Waals surface area contributed by atoms with Gasteiger partial charge in [0.25, 0.3) is 0 Å². The van der Waals surface area contributed by atoms with Crippen LogP contribution in [0.25, 0.3) is 0 Å². The van der Waals surface area contributed by atoms with Crippen molar-refractivity contribution in [2.45, 2.75) is 36.1 Å². The van der Waals surface area contributed by atoms with E-state index in [1.54, 1.807) is 25.1 Å². The minimum atomic E-state index is -3.91. The van der Waals surface area contributed by atoms with Crippen LogP contribution in [0.2, 0.25) is 5.02 Å². The fourth-order valence-electron chi connectivity index (χ4n) is 3.80. The third-order valence-corrected chi connectivity index (χ3v) is 9.70. The molecule has 0 aliphatic carbocycles. The zero-order valence-electron chi connectivity index (χ0n) is 19.9. The van der Waals surface area contributed by atoms with Crippen molar-refractivity contribution in [3.05, 3.63) is 53.1 Å². The van der Waals surface area contributed by atoms with E-state index in [0.29, 0.717) is 26.0 Å². The van der Waals surface area contributed by atoms with E-state index in [1.807, 2.05) is 0 Å². The molecule has 0 saturated carbocycles. The number of nitrogens with zero attached hydrogens (tertiary/aromatic N) is 2. The van der Waals surface area contributed by atoms with E-state index in [4.69, 9.17) is 16.3 Å². The number of ether oxygens (including phenoxy) is 1. The maximum absolute atomic E-state index is 13.3. The van der Waals surface area contributed by atoms with Crippen molar-refractivity contribution in [3.63, 3.8) is 0 Å². The Bertz CT molecular complexity index is 1260. The number of benzene rings is 2. The third kappa shape index (κ3) is 6.34. The topological polar surface area (TPSA) is 113 Å². The van der Waals surface area contributed by atoms with E-state index in [-0.39, 0.29) is 39.6 Å². The standard InChI is InChI=1S/C23H30ClN3O6S2/c1-4-33-21-12-9-19(24)14-22(21)35(31,32)27-13-5-6-18(16-27)23(28)25-15-17-7-10-20(11-8-17)34(29,30)26(2)3/h7-12,14,18H,4-6,13,15-16H2,1-3H3,(H,25,28). The van der Waals surface area contributed by atoms with Crippen LogP contribution in [0.5, 0.6) is 5.75 Å². The Morgan fingerprint density at radius 3 is 2.46 bits per heavy atom. The minimum absolute atomic E-state index is 0.0133. The molecule has 1 aliphatic heterocycles. The van der Waals surface area contributed by atoms with Gasteiger partial charge in [-0.05, 0) is 55.7 Å². The van der Waals surface area contributed by atoms with Crippen LogP contribution < -0.4 is 10.1 Å². The summed E-state index contributed by atoms with van der Waals surface area (Å²) in [6, 6.07) is 10.7. The molecule has 1 saturated heterocycles. The van der Waals surface area contributed by atoms with Crippen molar-refractivity contribution < 1.29 is 26.4 Å². The third-order valence-electron chi connectivity index (χ3n) is 5.75. The normalized spacial score (nSPS) is 17.3. The Morgan fingerprint density at radius 1 is 1.14 bits per heavy atom. The van der Waals surface area contributed by atoms with E-state index in [0.717, 1.165) is 9.87 Å². The molecule has 1 fully saturated rings. The lowest BCUT2D eigenvalue weighted by Crippen LogP contribution is -2.45. The van der Waals surface area contributed by atoms with Gasteiger partial charge in [-0.15, -0.1) is 0 Å². The van der Waals surface area contributed by atoms with Crippen molar-refractivity contribution in [1.82, 2.24) is 13.9 Å². The molecule has 2 aromatic carbocycles. The summed E-state index contributed by atoms with van der Waals surface area (Å²) in [5.74, 6) is -0.545. The van der Waals surface area contributed by atoms with Gasteiger partial charge in [0, 0.05) is 38.8 Å². The zero-order valence-corrected chi connectivity index (χ0v) is 22.3. The molecule has 0 spiro atoms. The fourth-order valence-corrected chi connectivity index (χ4v) is 6.62. The van der Waals surface area contributed by atoms with Gasteiger partial charge < -0.3 is 10.1 Å². The second-order valence-electron chi connectivity index (χ2n) is 8.38. The summed E-state index contributed by atoms with van der Waals surface area (Å²) >= 11 is 6.05. The highest BCUT2D eigenvalue weighted by atomic mass is 35.5. The quantitative estimate of drug-likeness (QED) is 0.520. The Labute approximate surface area is 212 Å². The SMILES string of the molecule is CCOc1ccc(Cl)cc1S(=O)(=O)N1CCCC(C(=O)NCc2ccc(S(=O)(=O)N(C)C)cc2)C1. The number of hydrogen-bond acceptors (Lipinski definition) is 6. The summed E-state index contributed by atoms with van der Waals surface area (Å²) in [4.78, 5) is 13.0. The van der Waals surface area contributed by atoms with Crippen molar-refractivity contribution in [2.24, 2.45) is 5.92 Å². The first kappa shape index (κ1) is 27.4. The number of nitrogens with one attached hydrogen (secondary N) is 1. The molecule has 1 aliphatic rings. The van der Waals surface area contributed by atoms with Gasteiger partial charge in [-0.2, -0.15) is 4.31 Å². The molecule has 1 heterocycles. The number of amides is 1. The summed E-state index contributed by atoms with van der Waals surface area (Å²) in [7, 11) is -4.52. The van der Waals surface area contributed by atoms with Gasteiger partial charge in [0.15, 0.2) is 0 Å². The van der Waals surface area contributed by atoms with Crippen molar-refractivity contribution in [3.8, 4) is 5.75 Å². The number of rotatable bonds is 9. The lowest BCUT2D eigenvalue weighted by Gasteiger charge is -2.31. The highest BCUT2D eigenvalue weighted by Crippen LogP contribution is 2.32. The molecule has 1 N–H and O–H groups in total. The molecule has 0 aromatic heterocycles. The van der Waals surface area contributed by atoms with Crippen molar-refractivity contribution in [1.29, 1.82) is 0 Å². The molecule has 0 bridgehead atoms. The van der Waals surface area contributed by atoms with Crippen LogP contribution in [0.4, 0.5) is 0 Å². The molecule has 1 atom stereocenters. The van der Waals surface area contributed by atoms with Crippen LogP contribution in [-0.2, 0) is 31.4 Å². The van der Waals surface area contributed by atoms with Gasteiger partial charge in [-0.3, -0.25) is 4.79 Å². The maximum atomic E-state index is 13.3. The molecule has 9 nitrogen and oxygen atoms in total. The monoisotopic (exact) mass is 543 g/mol. The molecular formula is C23H30ClN3O6S2. The average Bonchev–Trinajstić information content (AvgIpc) is 2.84. The molecule has 12 heteroatoms. The molecule has 0 radical (unpaired) electrons. The summed E-state index contributed by atoms with van der Waals surface area (Å²) < 4.78 is 59.0. The molecular weight excluding hydrogens is 514 g/mol. The highest BCUT2D eigenvalue weighted by Gasteiger charge is 2.35. The Morgan fingerprint density at radius 2 is 1.83 bits per heavy atom. The van der Waals surface area contributed by atoms with E-state index < -0.39 is 26.0 Å². The second-order valence-corrected chi connectivity index (χ2v) is 12.9. The Hall–Kier alpha value is -2.18. The first-order chi connectivity index (χ1) is 16.5. The molecule has 3 rings (SSSR count). The van der Waals surface area contributed by atoms with Gasteiger partial charge in [0.05, 0.1) is 17.4 Å². The van der Waals surface area contributed by atoms with Crippen LogP contribution in [0.15, 0.2) is 52.3 Å². The van der Waals surface area contributed by atoms with Crippen LogP contribution in [-0.4, -0.2) is 65.1 Å². The Balaban J connectivity index is 1.67. The molecule has 35 heavy (non-hydrogen) atoms. The predicted molar refractivity (Wildman–Crippen MR) is 133 cm³/mol. The van der Waals surface area contributed by atoms with Gasteiger partial charge in [0.2, 0.25) is 26.0 Å². The van der Waals surface area contributed by atoms with Crippen molar-refractivity contribution in [2.75, 3.05) is 33.8 Å². The van der Waals surface area contributed by atoms with Crippen LogP contribution in [0.3, 0.4) is 0 Å². The Kier molecular flexibility index (Phi) is 8.81. The van der Waals surface area contributed by atoms with Crippen LogP contribution >= 0.6 is 11.6 Å². The number of carbonyl (C=O) groups excluding carboxylic acids is 1. The number of hydrogen-bond donors (Lipinski definition) is 1. The molecule has 1 amide bonds. The summed E-state index contributed by atoms with van der Waals surface area (Å²) in [6.45, 7) is 2.61. The zero-order chi connectivity index (χ0) is 25.8. The predicted octanol–water partition coefficient (Wildman–Crippen LogP) is 2.71. The van der Waals surface area contributed by atoms with E-state index in [2.05, 4.69) is 5.32 Å². The van der Waals surface area contributed by atoms with Gasteiger partial charge in [-0.25, -0.2) is 21.1 Å². The second kappa shape index (κ2) is 11.3. The lowest BCUT2D eigenvalue weighted by molar-refractivity contribution is -0.126. The fraction of sp³-hybridized carbons (Fsp3) is 0.435. The van der Waals surface area contributed by atoms with Crippen molar-refractivity contribution >= 4 is 37.6 Å². The van der Waals surface area contributed by atoms with Crippen LogP contribution in [0.1, 0.15) is 25.3 Å². The van der Waals surface area contributed by atoms with E-state index in [9.17, 15) is 21.6 Å². The summed E-state index contributed by atoms with van der Waals surface area (Å²) in [5, 5.41) is 3.12.